The van der Waals surface area contributed by atoms with Gasteiger partial charge in [-0.05, 0) is 6.42 Å². The monoisotopic (exact) mass is 212 g/mol. The highest BCUT2D eigenvalue weighted by atomic mass is 19.3. The number of ether oxygens (including phenoxy) is 2. The van der Waals surface area contributed by atoms with Crippen molar-refractivity contribution < 1.29 is 23.0 Å². The van der Waals surface area contributed by atoms with E-state index in [1.165, 1.54) is 5.43 Å². The van der Waals surface area contributed by atoms with E-state index in [2.05, 4.69) is 10.6 Å². The average Bonchev–Trinajstić information content (AvgIpc) is 2.16. The molecular weight excluding hydrogens is 198 g/mol. The number of rotatable bonds is 7. The first kappa shape index (κ1) is 13.2. The van der Waals surface area contributed by atoms with Crippen LogP contribution in [0.25, 0.3) is 0 Å². The molecule has 5 nitrogen and oxygen atoms in total. The Kier molecular flexibility index (Phi) is 6.26. The molecule has 1 amide bonds. The summed E-state index contributed by atoms with van der Waals surface area (Å²) in [5.74, 6) is 2.85. The lowest BCUT2D eigenvalue weighted by atomic mass is 10.5. The fourth-order valence-corrected chi connectivity index (χ4v) is 0.625. The molecule has 0 aliphatic carbocycles. The normalized spacial score (nSPS) is 11.4. The van der Waals surface area contributed by atoms with Crippen LogP contribution in [0.5, 0.6) is 0 Å². The number of halogens is 2. The van der Waals surface area contributed by atoms with Crippen LogP contribution in [0.4, 0.5) is 8.78 Å². The lowest BCUT2D eigenvalue weighted by Crippen LogP contribution is -2.45. The van der Waals surface area contributed by atoms with Crippen molar-refractivity contribution in [1.29, 1.82) is 0 Å². The Morgan fingerprint density at radius 1 is 1.43 bits per heavy atom. The Hall–Kier alpha value is -0.790. The van der Waals surface area contributed by atoms with E-state index in [4.69, 9.17) is 4.74 Å². The fraction of sp³-hybridized carbons (Fsp3) is 0.857. The lowest BCUT2D eigenvalue weighted by Gasteiger charge is -2.14. The first-order valence-corrected chi connectivity index (χ1v) is 4.15. The summed E-state index contributed by atoms with van der Waals surface area (Å²) in [4.78, 5) is 10.4. The van der Waals surface area contributed by atoms with Crippen molar-refractivity contribution in [2.24, 2.45) is 5.84 Å². The minimum atomic E-state index is -3.90. The molecule has 0 heterocycles. The molecule has 0 aliphatic heterocycles. The van der Waals surface area contributed by atoms with Crippen LogP contribution >= 0.6 is 0 Å². The summed E-state index contributed by atoms with van der Waals surface area (Å²) >= 11 is 0. The predicted molar refractivity (Wildman–Crippen MR) is 44.3 cm³/mol. The van der Waals surface area contributed by atoms with E-state index < -0.39 is 12.0 Å². The van der Waals surface area contributed by atoms with E-state index in [-0.39, 0.29) is 13.2 Å². The van der Waals surface area contributed by atoms with Gasteiger partial charge in [-0.2, -0.15) is 8.78 Å². The minimum absolute atomic E-state index is 0.0152. The first-order valence-electron chi connectivity index (χ1n) is 4.15. The molecule has 7 heteroatoms. The SMILES string of the molecule is CCCOCCOC(F)(F)C(=O)NN. The summed E-state index contributed by atoms with van der Waals surface area (Å²) in [7, 11) is 0. The largest absolute Gasteiger partial charge is 0.437 e. The maximum absolute atomic E-state index is 12.6. The molecule has 0 unspecified atom stereocenters. The third kappa shape index (κ3) is 5.05. The summed E-state index contributed by atoms with van der Waals surface area (Å²) in [5.41, 5.74) is 1.30. The van der Waals surface area contributed by atoms with Gasteiger partial charge in [0, 0.05) is 6.61 Å². The quantitative estimate of drug-likeness (QED) is 0.270. The fourth-order valence-electron chi connectivity index (χ4n) is 0.625. The highest BCUT2D eigenvalue weighted by molar-refractivity contribution is 5.81. The first-order chi connectivity index (χ1) is 6.54. The zero-order valence-corrected chi connectivity index (χ0v) is 7.89. The van der Waals surface area contributed by atoms with Crippen LogP contribution in [-0.2, 0) is 14.3 Å². The van der Waals surface area contributed by atoms with E-state index in [1.54, 1.807) is 0 Å². The van der Waals surface area contributed by atoms with E-state index in [0.717, 1.165) is 6.42 Å². The molecule has 3 N–H and O–H groups in total. The molecule has 0 aromatic rings. The molecule has 84 valence electrons. The second-order valence-corrected chi connectivity index (χ2v) is 2.45. The summed E-state index contributed by atoms with van der Waals surface area (Å²) in [6.45, 7) is 2.01. The number of alkyl halides is 2. The van der Waals surface area contributed by atoms with Gasteiger partial charge in [0.15, 0.2) is 0 Å². The highest BCUT2D eigenvalue weighted by Crippen LogP contribution is 2.14. The Morgan fingerprint density at radius 3 is 2.57 bits per heavy atom. The number of carbonyl (C=O) groups is 1. The zero-order chi connectivity index (χ0) is 11.0. The Labute approximate surface area is 80.5 Å². The van der Waals surface area contributed by atoms with Crippen LogP contribution in [0.3, 0.4) is 0 Å². The molecule has 0 rings (SSSR count). The van der Waals surface area contributed by atoms with Gasteiger partial charge in [-0.25, -0.2) is 5.84 Å². The van der Waals surface area contributed by atoms with Crippen molar-refractivity contribution in [2.75, 3.05) is 19.8 Å². The predicted octanol–water partition coefficient (Wildman–Crippen LogP) is 0.0123. The van der Waals surface area contributed by atoms with Crippen LogP contribution in [-0.4, -0.2) is 31.8 Å². The molecule has 0 saturated carbocycles. The van der Waals surface area contributed by atoms with Crippen LogP contribution in [0.1, 0.15) is 13.3 Å². The standard InChI is InChI=1S/C7H14F2N2O3/c1-2-3-13-4-5-14-7(8,9)6(12)11-10/h2-5,10H2,1H3,(H,11,12). The van der Waals surface area contributed by atoms with Crippen LogP contribution < -0.4 is 11.3 Å². The molecule has 0 aromatic heterocycles. The van der Waals surface area contributed by atoms with Gasteiger partial charge in [-0.15, -0.1) is 0 Å². The van der Waals surface area contributed by atoms with Crippen LogP contribution in [0.2, 0.25) is 0 Å². The maximum atomic E-state index is 12.6. The average molecular weight is 212 g/mol. The zero-order valence-electron chi connectivity index (χ0n) is 7.89. The number of hydrazine groups is 1. The number of nitrogens with two attached hydrogens (primary N) is 1. The van der Waals surface area contributed by atoms with E-state index in [1.807, 2.05) is 6.92 Å². The number of hydrogen-bond acceptors (Lipinski definition) is 4. The third-order valence-corrected chi connectivity index (χ3v) is 1.25. The molecule has 0 atom stereocenters. The van der Waals surface area contributed by atoms with Gasteiger partial charge in [-0.3, -0.25) is 10.2 Å². The molecule has 0 fully saturated rings. The van der Waals surface area contributed by atoms with Crippen LogP contribution in [0.15, 0.2) is 0 Å². The number of amides is 1. The van der Waals surface area contributed by atoms with Gasteiger partial charge in [0.25, 0.3) is 0 Å². The maximum Gasteiger partial charge on any atom is 0.437 e. The van der Waals surface area contributed by atoms with E-state index >= 15 is 0 Å². The Morgan fingerprint density at radius 2 is 2.07 bits per heavy atom. The van der Waals surface area contributed by atoms with Crippen molar-refractivity contribution in [3.63, 3.8) is 0 Å². The number of hydrogen-bond donors (Lipinski definition) is 2. The molecule has 14 heavy (non-hydrogen) atoms. The van der Waals surface area contributed by atoms with Crippen molar-refractivity contribution in [3.05, 3.63) is 0 Å². The van der Waals surface area contributed by atoms with Crippen LogP contribution in [0, 0.1) is 0 Å². The van der Waals surface area contributed by atoms with Crippen molar-refractivity contribution in [2.45, 2.75) is 19.5 Å². The van der Waals surface area contributed by atoms with Gasteiger partial charge >= 0.3 is 12.0 Å². The van der Waals surface area contributed by atoms with Gasteiger partial charge < -0.3 is 9.47 Å². The van der Waals surface area contributed by atoms with Gasteiger partial charge in [0.05, 0.1) is 13.2 Å². The molecule has 0 radical (unpaired) electrons. The second kappa shape index (κ2) is 6.63. The third-order valence-electron chi connectivity index (χ3n) is 1.25. The Bertz CT molecular complexity index is 178. The van der Waals surface area contributed by atoms with Crippen molar-refractivity contribution in [1.82, 2.24) is 5.43 Å². The van der Waals surface area contributed by atoms with E-state index in [9.17, 15) is 13.6 Å². The molecule has 0 bridgehead atoms. The molecule has 0 aliphatic rings. The topological polar surface area (TPSA) is 73.6 Å². The van der Waals surface area contributed by atoms with E-state index in [0.29, 0.717) is 6.61 Å². The Balaban J connectivity index is 3.60. The summed E-state index contributed by atoms with van der Waals surface area (Å²) in [5, 5.41) is 0. The molecule has 0 saturated heterocycles. The summed E-state index contributed by atoms with van der Waals surface area (Å²) in [6, 6.07) is 0. The highest BCUT2D eigenvalue weighted by Gasteiger charge is 2.39. The molecule has 0 spiro atoms. The van der Waals surface area contributed by atoms with Crippen molar-refractivity contribution >= 4 is 5.91 Å². The second-order valence-electron chi connectivity index (χ2n) is 2.45. The summed E-state index contributed by atoms with van der Waals surface area (Å²) < 4.78 is 34.0. The lowest BCUT2D eigenvalue weighted by molar-refractivity contribution is -0.234. The minimum Gasteiger partial charge on any atom is -0.379 e. The van der Waals surface area contributed by atoms with Gasteiger partial charge in [0.1, 0.15) is 0 Å². The van der Waals surface area contributed by atoms with Gasteiger partial charge in [0.2, 0.25) is 0 Å². The summed E-state index contributed by atoms with van der Waals surface area (Å²) in [6.07, 6.45) is -3.11. The number of carbonyl (C=O) groups excluding carboxylic acids is 1. The smallest absolute Gasteiger partial charge is 0.379 e. The molecular formula is C7H14F2N2O3. The number of nitrogens with one attached hydrogen (secondary N) is 1. The molecule has 0 aromatic carbocycles. The van der Waals surface area contributed by atoms with Crippen molar-refractivity contribution in [3.8, 4) is 0 Å². The van der Waals surface area contributed by atoms with Gasteiger partial charge in [-0.1, -0.05) is 6.92 Å².